The zero-order chi connectivity index (χ0) is 19.2. The number of rotatable bonds is 8. The molecule has 0 saturated carbocycles. The maximum absolute atomic E-state index is 14.7. The van der Waals surface area contributed by atoms with Crippen molar-refractivity contribution in [3.05, 3.63) is 71.6 Å². The zero-order valence-electron chi connectivity index (χ0n) is 14.9. The van der Waals surface area contributed by atoms with E-state index in [-0.39, 0.29) is 30.2 Å². The highest BCUT2D eigenvalue weighted by atomic mass is 19.2. The maximum atomic E-state index is 14.7. The number of hydrogen-bond acceptors (Lipinski definition) is 4. The number of nitrogens with zero attached hydrogens (tertiary/aromatic N) is 2. The fraction of sp³-hybridized carbons (Fsp3) is 0.250. The highest BCUT2D eigenvalue weighted by Gasteiger charge is 2.20. The molecule has 1 heterocycles. The summed E-state index contributed by atoms with van der Waals surface area (Å²) in [6.07, 6.45) is 1.56. The van der Waals surface area contributed by atoms with Crippen LogP contribution < -0.4 is 4.74 Å². The van der Waals surface area contributed by atoms with E-state index in [1.807, 2.05) is 30.3 Å². The molecular weight excluding hydrogens is 354 g/mol. The summed E-state index contributed by atoms with van der Waals surface area (Å²) in [6, 6.07) is 12.0. The third-order valence-electron chi connectivity index (χ3n) is 4.09. The van der Waals surface area contributed by atoms with Crippen LogP contribution in [0.4, 0.5) is 8.78 Å². The molecule has 3 rings (SSSR count). The quantitative estimate of drug-likeness (QED) is 0.655. The van der Waals surface area contributed by atoms with E-state index in [2.05, 4.69) is 5.10 Å². The van der Waals surface area contributed by atoms with Crippen LogP contribution in [0.1, 0.15) is 11.3 Å². The lowest BCUT2D eigenvalue weighted by atomic mass is 10.1. The molecule has 3 aromatic rings. The van der Waals surface area contributed by atoms with Gasteiger partial charge in [0.15, 0.2) is 11.6 Å². The van der Waals surface area contributed by atoms with Gasteiger partial charge < -0.3 is 14.6 Å². The molecule has 7 heteroatoms. The first-order chi connectivity index (χ1) is 13.1. The molecule has 27 heavy (non-hydrogen) atoms. The van der Waals surface area contributed by atoms with Gasteiger partial charge in [0.1, 0.15) is 6.61 Å². The van der Waals surface area contributed by atoms with E-state index < -0.39 is 11.6 Å². The molecule has 0 spiro atoms. The van der Waals surface area contributed by atoms with Gasteiger partial charge in [-0.3, -0.25) is 4.68 Å². The largest absolute Gasteiger partial charge is 0.486 e. The Bertz CT molecular complexity index is 898. The summed E-state index contributed by atoms with van der Waals surface area (Å²) in [5.41, 5.74) is 1.47. The smallest absolute Gasteiger partial charge is 0.201 e. The number of aliphatic hydroxyl groups is 1. The summed E-state index contributed by atoms with van der Waals surface area (Å²) in [4.78, 5) is 0. The summed E-state index contributed by atoms with van der Waals surface area (Å²) in [6.45, 7) is 0.594. The molecule has 0 unspecified atom stereocenters. The van der Waals surface area contributed by atoms with Crippen molar-refractivity contribution in [2.75, 3.05) is 13.7 Å². The van der Waals surface area contributed by atoms with Crippen LogP contribution in [-0.2, 0) is 24.5 Å². The van der Waals surface area contributed by atoms with Gasteiger partial charge in [-0.1, -0.05) is 30.3 Å². The van der Waals surface area contributed by atoms with Gasteiger partial charge >= 0.3 is 0 Å². The van der Waals surface area contributed by atoms with Gasteiger partial charge in [-0.2, -0.15) is 9.49 Å². The van der Waals surface area contributed by atoms with Crippen LogP contribution in [0.25, 0.3) is 11.1 Å². The van der Waals surface area contributed by atoms with E-state index in [0.29, 0.717) is 18.7 Å². The van der Waals surface area contributed by atoms with Crippen LogP contribution in [0.5, 0.6) is 5.75 Å². The second kappa shape index (κ2) is 8.75. The molecule has 1 N–H and O–H groups in total. The number of aromatic nitrogens is 2. The molecule has 0 saturated heterocycles. The van der Waals surface area contributed by atoms with Gasteiger partial charge in [0.05, 0.1) is 25.5 Å². The molecule has 0 aliphatic rings. The highest BCUT2D eigenvalue weighted by Crippen LogP contribution is 2.32. The molecule has 0 bridgehead atoms. The minimum absolute atomic E-state index is 0.0206. The molecule has 0 aliphatic heterocycles. The van der Waals surface area contributed by atoms with Crippen molar-refractivity contribution in [3.63, 3.8) is 0 Å². The lowest BCUT2D eigenvalue weighted by Gasteiger charge is -2.10. The Morgan fingerprint density at radius 2 is 1.81 bits per heavy atom. The maximum Gasteiger partial charge on any atom is 0.201 e. The zero-order valence-corrected chi connectivity index (χ0v) is 14.9. The summed E-state index contributed by atoms with van der Waals surface area (Å²) in [5.74, 6) is -2.28. The average molecular weight is 374 g/mol. The molecule has 0 amide bonds. The standard InChI is InChI=1S/C20H20F2N2O3/c1-26-10-9-24-11-16(17(12-25)23-24)15-7-8-18(20(22)19(15)21)27-13-14-5-3-2-4-6-14/h2-8,11,25H,9-10,12-13H2,1H3. The fourth-order valence-electron chi connectivity index (χ4n) is 2.69. The monoisotopic (exact) mass is 374 g/mol. The normalized spacial score (nSPS) is 11.0. The van der Waals surface area contributed by atoms with Crippen molar-refractivity contribution in [1.29, 1.82) is 0 Å². The topological polar surface area (TPSA) is 56.5 Å². The van der Waals surface area contributed by atoms with Gasteiger partial charge in [-0.25, -0.2) is 4.39 Å². The molecule has 142 valence electrons. The lowest BCUT2D eigenvalue weighted by Crippen LogP contribution is -2.04. The van der Waals surface area contributed by atoms with Crippen LogP contribution in [0.2, 0.25) is 0 Å². The Morgan fingerprint density at radius 3 is 2.52 bits per heavy atom. The lowest BCUT2D eigenvalue weighted by molar-refractivity contribution is 0.183. The summed E-state index contributed by atoms with van der Waals surface area (Å²) in [5, 5.41) is 13.7. The fourth-order valence-corrected chi connectivity index (χ4v) is 2.69. The summed E-state index contributed by atoms with van der Waals surface area (Å²) in [7, 11) is 1.56. The Hall–Kier alpha value is -2.77. The van der Waals surface area contributed by atoms with Crippen LogP contribution >= 0.6 is 0 Å². The number of aliphatic hydroxyl groups excluding tert-OH is 1. The molecule has 0 fully saturated rings. The Kier molecular flexibility index (Phi) is 6.16. The minimum Gasteiger partial charge on any atom is -0.486 e. The molecule has 0 radical (unpaired) electrons. The number of hydrogen-bond donors (Lipinski definition) is 1. The van der Waals surface area contributed by atoms with E-state index in [1.54, 1.807) is 13.3 Å². The van der Waals surface area contributed by atoms with E-state index in [9.17, 15) is 13.9 Å². The van der Waals surface area contributed by atoms with Crippen molar-refractivity contribution in [2.45, 2.75) is 19.8 Å². The second-order valence-corrected chi connectivity index (χ2v) is 5.92. The SMILES string of the molecule is COCCn1cc(-c2ccc(OCc3ccccc3)c(F)c2F)c(CO)n1. The van der Waals surface area contributed by atoms with Crippen LogP contribution in [-0.4, -0.2) is 28.6 Å². The molecule has 0 aliphatic carbocycles. The first-order valence-corrected chi connectivity index (χ1v) is 8.45. The molecule has 1 aromatic heterocycles. The van der Waals surface area contributed by atoms with Crippen LogP contribution in [0, 0.1) is 11.6 Å². The van der Waals surface area contributed by atoms with Gasteiger partial charge in [-0.15, -0.1) is 0 Å². The van der Waals surface area contributed by atoms with Crippen molar-refractivity contribution >= 4 is 0 Å². The summed E-state index contributed by atoms with van der Waals surface area (Å²) < 4.78 is 41.1. The van der Waals surface area contributed by atoms with Crippen LogP contribution in [0.3, 0.4) is 0 Å². The average Bonchev–Trinajstić information content (AvgIpc) is 3.11. The third kappa shape index (κ3) is 4.32. The molecule has 0 atom stereocenters. The predicted octanol–water partition coefficient (Wildman–Crippen LogP) is 3.55. The molecular formula is C20H20F2N2O3. The van der Waals surface area contributed by atoms with Crippen molar-refractivity contribution < 1.29 is 23.4 Å². The number of halogens is 2. The van der Waals surface area contributed by atoms with Gasteiger partial charge in [0, 0.05) is 24.4 Å². The van der Waals surface area contributed by atoms with Gasteiger partial charge in [0.2, 0.25) is 5.82 Å². The van der Waals surface area contributed by atoms with Gasteiger partial charge in [0.25, 0.3) is 0 Å². The Morgan fingerprint density at radius 1 is 1.04 bits per heavy atom. The number of benzene rings is 2. The van der Waals surface area contributed by atoms with Gasteiger partial charge in [-0.05, 0) is 17.7 Å². The minimum atomic E-state index is -1.07. The predicted molar refractivity (Wildman–Crippen MR) is 96.2 cm³/mol. The first kappa shape index (κ1) is 19.0. The Labute approximate surface area is 155 Å². The Balaban J connectivity index is 1.85. The molecule has 2 aromatic carbocycles. The van der Waals surface area contributed by atoms with E-state index in [0.717, 1.165) is 5.56 Å². The first-order valence-electron chi connectivity index (χ1n) is 8.45. The van der Waals surface area contributed by atoms with Crippen molar-refractivity contribution in [2.24, 2.45) is 0 Å². The number of ether oxygens (including phenoxy) is 2. The van der Waals surface area contributed by atoms with Crippen molar-refractivity contribution in [3.8, 4) is 16.9 Å². The van der Waals surface area contributed by atoms with Crippen molar-refractivity contribution in [1.82, 2.24) is 9.78 Å². The van der Waals surface area contributed by atoms with E-state index in [1.165, 1.54) is 16.8 Å². The van der Waals surface area contributed by atoms with E-state index >= 15 is 0 Å². The second-order valence-electron chi connectivity index (χ2n) is 5.92. The molecule has 5 nitrogen and oxygen atoms in total. The van der Waals surface area contributed by atoms with E-state index in [4.69, 9.17) is 9.47 Å². The summed E-state index contributed by atoms with van der Waals surface area (Å²) >= 11 is 0. The van der Waals surface area contributed by atoms with Crippen LogP contribution in [0.15, 0.2) is 48.7 Å². The third-order valence-corrected chi connectivity index (χ3v) is 4.09. The number of methoxy groups -OCH3 is 1. The highest BCUT2D eigenvalue weighted by molar-refractivity contribution is 5.67.